The zero-order valence-corrected chi connectivity index (χ0v) is 11.4. The second-order valence-electron chi connectivity index (χ2n) is 4.10. The molecule has 5 nitrogen and oxygen atoms in total. The maximum Gasteiger partial charge on any atom is 0.221 e. The number of carbonyl (C=O) groups is 1. The molecule has 2 aromatic rings. The van der Waals surface area contributed by atoms with Crippen LogP contribution in [-0.2, 0) is 11.3 Å². The Morgan fingerprint density at radius 1 is 1.58 bits per heavy atom. The van der Waals surface area contributed by atoms with Crippen molar-refractivity contribution in [2.24, 2.45) is 0 Å². The summed E-state index contributed by atoms with van der Waals surface area (Å²) in [4.78, 5) is 14.5. The number of nitriles is 1. The Balaban J connectivity index is 2.34. The lowest BCUT2D eigenvalue weighted by Gasteiger charge is -2.05. The smallest absolute Gasteiger partial charge is 0.221 e. The number of hydrogen-bond acceptors (Lipinski definition) is 3. The van der Waals surface area contributed by atoms with Gasteiger partial charge < -0.3 is 14.9 Å². The molecule has 2 N–H and O–H groups in total. The van der Waals surface area contributed by atoms with Crippen LogP contribution in [-0.4, -0.2) is 22.0 Å². The summed E-state index contributed by atoms with van der Waals surface area (Å²) in [5.41, 5.74) is 2.14. The van der Waals surface area contributed by atoms with Crippen molar-refractivity contribution in [2.75, 3.05) is 6.54 Å². The first-order valence-corrected chi connectivity index (χ1v) is 6.46. The average molecular weight is 274 g/mol. The summed E-state index contributed by atoms with van der Waals surface area (Å²) >= 11 is 5.24. The molecule has 19 heavy (non-hydrogen) atoms. The van der Waals surface area contributed by atoms with Gasteiger partial charge in [0.2, 0.25) is 5.91 Å². The molecule has 1 aromatic carbocycles. The van der Waals surface area contributed by atoms with E-state index >= 15 is 0 Å². The van der Waals surface area contributed by atoms with Gasteiger partial charge in [-0.25, -0.2) is 0 Å². The summed E-state index contributed by atoms with van der Waals surface area (Å²) in [5, 5.41) is 11.8. The Bertz CT molecular complexity index is 707. The van der Waals surface area contributed by atoms with E-state index in [0.29, 0.717) is 29.8 Å². The minimum atomic E-state index is -0.00446. The number of fused-ring (bicyclic) bond motifs is 1. The van der Waals surface area contributed by atoms with Crippen LogP contribution < -0.4 is 5.32 Å². The van der Waals surface area contributed by atoms with E-state index in [4.69, 9.17) is 17.5 Å². The number of benzene rings is 1. The van der Waals surface area contributed by atoms with Crippen LogP contribution in [0.15, 0.2) is 18.2 Å². The molecule has 0 saturated heterocycles. The molecule has 0 saturated carbocycles. The average Bonchev–Trinajstić information content (AvgIpc) is 2.72. The molecule has 0 radical (unpaired) electrons. The van der Waals surface area contributed by atoms with Crippen molar-refractivity contribution < 1.29 is 4.79 Å². The predicted molar refractivity (Wildman–Crippen MR) is 75.1 cm³/mol. The second-order valence-corrected chi connectivity index (χ2v) is 4.48. The third-order valence-corrected chi connectivity index (χ3v) is 3.19. The Labute approximate surface area is 115 Å². The fourth-order valence-corrected chi connectivity index (χ4v) is 2.29. The third-order valence-electron chi connectivity index (χ3n) is 2.87. The molecule has 0 aliphatic carbocycles. The van der Waals surface area contributed by atoms with E-state index in [1.54, 1.807) is 6.07 Å². The minimum absolute atomic E-state index is 0.00446. The van der Waals surface area contributed by atoms with E-state index in [9.17, 15) is 4.79 Å². The molecule has 0 atom stereocenters. The Morgan fingerprint density at radius 3 is 3.05 bits per heavy atom. The van der Waals surface area contributed by atoms with Crippen molar-refractivity contribution >= 4 is 29.2 Å². The fourth-order valence-electron chi connectivity index (χ4n) is 1.99. The number of para-hydroxylation sites is 1. The van der Waals surface area contributed by atoms with Gasteiger partial charge >= 0.3 is 0 Å². The van der Waals surface area contributed by atoms with Gasteiger partial charge in [-0.05, 0) is 31.3 Å². The monoisotopic (exact) mass is 274 g/mol. The van der Waals surface area contributed by atoms with E-state index in [2.05, 4.69) is 16.4 Å². The van der Waals surface area contributed by atoms with E-state index < -0.39 is 0 Å². The SMILES string of the molecule is CCNC(=O)CCn1c(=S)[nH]c2c(C#N)cccc21. The first kappa shape index (κ1) is 13.3. The van der Waals surface area contributed by atoms with Crippen LogP contribution in [0.4, 0.5) is 0 Å². The highest BCUT2D eigenvalue weighted by Crippen LogP contribution is 2.18. The summed E-state index contributed by atoms with van der Waals surface area (Å²) in [6.07, 6.45) is 0.367. The van der Waals surface area contributed by atoms with Crippen LogP contribution in [0.3, 0.4) is 0 Å². The van der Waals surface area contributed by atoms with Crippen LogP contribution in [0.2, 0.25) is 0 Å². The van der Waals surface area contributed by atoms with Gasteiger partial charge in [0.1, 0.15) is 6.07 Å². The van der Waals surface area contributed by atoms with Crippen molar-refractivity contribution in [3.05, 3.63) is 28.5 Å². The Kier molecular flexibility index (Phi) is 3.97. The molecule has 0 aliphatic rings. The Morgan fingerprint density at radius 2 is 2.37 bits per heavy atom. The van der Waals surface area contributed by atoms with Crippen LogP contribution >= 0.6 is 12.2 Å². The highest BCUT2D eigenvalue weighted by molar-refractivity contribution is 7.71. The van der Waals surface area contributed by atoms with Crippen LogP contribution in [0.5, 0.6) is 0 Å². The second kappa shape index (κ2) is 5.67. The maximum atomic E-state index is 11.5. The molecule has 98 valence electrons. The molecule has 0 spiro atoms. The third kappa shape index (κ3) is 2.66. The number of amides is 1. The van der Waals surface area contributed by atoms with Crippen molar-refractivity contribution in [1.82, 2.24) is 14.9 Å². The summed E-state index contributed by atoms with van der Waals surface area (Å²) in [6.45, 7) is 3.00. The number of aromatic amines is 1. The van der Waals surface area contributed by atoms with Gasteiger partial charge in [-0.3, -0.25) is 4.79 Å². The number of carbonyl (C=O) groups excluding carboxylic acids is 1. The van der Waals surface area contributed by atoms with Gasteiger partial charge in [-0.15, -0.1) is 0 Å². The molecule has 1 heterocycles. The van der Waals surface area contributed by atoms with Crippen LogP contribution in [0, 0.1) is 16.1 Å². The molecule has 1 amide bonds. The number of nitrogens with one attached hydrogen (secondary N) is 2. The fraction of sp³-hybridized carbons (Fsp3) is 0.308. The number of hydrogen-bond donors (Lipinski definition) is 2. The quantitative estimate of drug-likeness (QED) is 0.838. The van der Waals surface area contributed by atoms with Crippen LogP contribution in [0.1, 0.15) is 18.9 Å². The first-order valence-electron chi connectivity index (χ1n) is 6.05. The van der Waals surface area contributed by atoms with E-state index in [0.717, 1.165) is 11.0 Å². The zero-order valence-electron chi connectivity index (χ0n) is 10.6. The molecule has 2 rings (SSSR count). The van der Waals surface area contributed by atoms with Crippen molar-refractivity contribution in [2.45, 2.75) is 19.9 Å². The minimum Gasteiger partial charge on any atom is -0.356 e. The number of nitrogens with zero attached hydrogens (tertiary/aromatic N) is 2. The summed E-state index contributed by atoms with van der Waals surface area (Å²) in [6, 6.07) is 7.56. The van der Waals surface area contributed by atoms with Gasteiger partial charge in [0.05, 0.1) is 16.6 Å². The molecule has 0 aliphatic heterocycles. The van der Waals surface area contributed by atoms with Gasteiger partial charge in [0, 0.05) is 19.5 Å². The summed E-state index contributed by atoms with van der Waals surface area (Å²) in [5.74, 6) is -0.00446. The highest BCUT2D eigenvalue weighted by atomic mass is 32.1. The maximum absolute atomic E-state index is 11.5. The molecular weight excluding hydrogens is 260 g/mol. The number of rotatable bonds is 4. The van der Waals surface area contributed by atoms with Crippen LogP contribution in [0.25, 0.3) is 11.0 Å². The molecule has 0 unspecified atom stereocenters. The largest absolute Gasteiger partial charge is 0.356 e. The number of aromatic nitrogens is 2. The van der Waals surface area contributed by atoms with E-state index in [-0.39, 0.29) is 5.91 Å². The predicted octanol–water partition coefficient (Wildman–Crippen LogP) is 2.10. The molecule has 0 bridgehead atoms. The lowest BCUT2D eigenvalue weighted by Crippen LogP contribution is -2.23. The zero-order chi connectivity index (χ0) is 13.8. The summed E-state index contributed by atoms with van der Waals surface area (Å²) < 4.78 is 2.38. The van der Waals surface area contributed by atoms with Crippen molar-refractivity contribution in [3.8, 4) is 6.07 Å². The van der Waals surface area contributed by atoms with Crippen molar-refractivity contribution in [1.29, 1.82) is 5.26 Å². The van der Waals surface area contributed by atoms with Gasteiger partial charge in [-0.2, -0.15) is 5.26 Å². The van der Waals surface area contributed by atoms with Gasteiger partial charge in [0.15, 0.2) is 4.77 Å². The summed E-state index contributed by atoms with van der Waals surface area (Å²) in [7, 11) is 0. The lowest BCUT2D eigenvalue weighted by molar-refractivity contribution is -0.121. The first-order chi connectivity index (χ1) is 9.17. The molecule has 6 heteroatoms. The van der Waals surface area contributed by atoms with E-state index in [1.165, 1.54) is 0 Å². The highest BCUT2D eigenvalue weighted by Gasteiger charge is 2.09. The van der Waals surface area contributed by atoms with Gasteiger partial charge in [-0.1, -0.05) is 6.07 Å². The Hall–Kier alpha value is -2.13. The molecule has 0 fully saturated rings. The number of H-pyrrole nitrogens is 1. The van der Waals surface area contributed by atoms with Crippen molar-refractivity contribution in [3.63, 3.8) is 0 Å². The lowest BCUT2D eigenvalue weighted by atomic mass is 10.2. The normalized spacial score (nSPS) is 10.3. The molecule has 1 aromatic heterocycles. The number of imidazole rings is 1. The standard InChI is InChI=1S/C13H14N4OS/c1-2-15-11(18)6-7-17-10-5-3-4-9(8-14)12(10)16-13(17)19/h3-5H,2,6-7H2,1H3,(H,15,18)(H,16,19). The van der Waals surface area contributed by atoms with E-state index in [1.807, 2.05) is 23.6 Å². The molecular formula is C13H14N4OS. The number of aryl methyl sites for hydroxylation is 1. The topological polar surface area (TPSA) is 73.6 Å². The van der Waals surface area contributed by atoms with Gasteiger partial charge in [0.25, 0.3) is 0 Å².